The molecule has 2 aliphatic rings. The highest BCUT2D eigenvalue weighted by Crippen LogP contribution is 2.34. The van der Waals surface area contributed by atoms with E-state index in [-0.39, 0.29) is 6.04 Å². The van der Waals surface area contributed by atoms with Crippen molar-refractivity contribution in [1.29, 1.82) is 0 Å². The van der Waals surface area contributed by atoms with Crippen LogP contribution in [0.2, 0.25) is 0 Å². The highest BCUT2D eigenvalue weighted by molar-refractivity contribution is 6.05. The number of likely N-dealkylation sites (N-methyl/N-ethyl adjacent to an activating group) is 1. The summed E-state index contributed by atoms with van der Waals surface area (Å²) in [5.74, 6) is 1.55. The van der Waals surface area contributed by atoms with Crippen molar-refractivity contribution in [2.45, 2.75) is 25.2 Å². The molecule has 0 bridgehead atoms. The van der Waals surface area contributed by atoms with E-state index in [9.17, 15) is 5.11 Å². The predicted octanol–water partition coefficient (Wildman–Crippen LogP) is 3.59. The van der Waals surface area contributed by atoms with Gasteiger partial charge in [-0.05, 0) is 34.9 Å². The molecule has 33 heavy (non-hydrogen) atoms. The maximum Gasteiger partial charge on any atom is 0.136 e. The van der Waals surface area contributed by atoms with Gasteiger partial charge in [0.2, 0.25) is 0 Å². The smallest absolute Gasteiger partial charge is 0.136 e. The molecule has 1 aromatic heterocycles. The first-order valence-corrected chi connectivity index (χ1v) is 11.1. The standard InChI is InChI=1S/C26H25N5O2/c1-31-24(26-28-20-11-17-13-27-14-18(17)12-21(20)29-26)25(32)23(30-31)16-9-7-15(8-10-16)19-5-3-4-6-22(19)33-2/h3-12,24-25,27,32H,13-14H2,1-2H3,(H,28,29). The van der Waals surface area contributed by atoms with Crippen molar-refractivity contribution in [3.63, 3.8) is 0 Å². The van der Waals surface area contributed by atoms with E-state index < -0.39 is 6.10 Å². The Morgan fingerprint density at radius 3 is 2.52 bits per heavy atom. The van der Waals surface area contributed by atoms with Crippen LogP contribution in [0.4, 0.5) is 0 Å². The number of imidazole rings is 1. The van der Waals surface area contributed by atoms with Gasteiger partial charge in [-0.25, -0.2) is 4.98 Å². The number of aromatic nitrogens is 2. The molecule has 0 saturated carbocycles. The number of fused-ring (bicyclic) bond motifs is 2. The van der Waals surface area contributed by atoms with Gasteiger partial charge in [-0.15, -0.1) is 0 Å². The van der Waals surface area contributed by atoms with E-state index in [1.54, 1.807) is 12.1 Å². The third-order valence-electron chi connectivity index (χ3n) is 6.58. The number of aromatic amines is 1. The first-order valence-electron chi connectivity index (χ1n) is 11.1. The van der Waals surface area contributed by atoms with Crippen molar-refractivity contribution in [2.24, 2.45) is 5.10 Å². The molecular weight excluding hydrogens is 414 g/mol. The fraction of sp³-hybridized carbons (Fsp3) is 0.231. The number of nitrogens with one attached hydrogen (secondary N) is 2. The van der Waals surface area contributed by atoms with Gasteiger partial charge >= 0.3 is 0 Å². The zero-order valence-corrected chi connectivity index (χ0v) is 18.5. The lowest BCUT2D eigenvalue weighted by Gasteiger charge is -2.19. The fourth-order valence-electron chi connectivity index (χ4n) is 4.87. The third-order valence-corrected chi connectivity index (χ3v) is 6.58. The zero-order valence-electron chi connectivity index (χ0n) is 18.5. The van der Waals surface area contributed by atoms with E-state index in [4.69, 9.17) is 9.72 Å². The minimum Gasteiger partial charge on any atom is -0.496 e. The average Bonchev–Trinajstić information content (AvgIpc) is 3.53. The van der Waals surface area contributed by atoms with E-state index in [1.807, 2.05) is 55.6 Å². The maximum atomic E-state index is 11.2. The highest BCUT2D eigenvalue weighted by atomic mass is 16.5. The lowest BCUT2D eigenvalue weighted by atomic mass is 9.97. The molecule has 7 nitrogen and oxygen atoms in total. The Morgan fingerprint density at radius 1 is 1.00 bits per heavy atom. The number of para-hydroxylation sites is 1. The van der Waals surface area contributed by atoms with Gasteiger partial charge < -0.3 is 20.1 Å². The minimum absolute atomic E-state index is 0.366. The molecule has 3 aromatic carbocycles. The van der Waals surface area contributed by atoms with E-state index >= 15 is 0 Å². The number of hydrazone groups is 1. The van der Waals surface area contributed by atoms with Crippen molar-refractivity contribution in [3.05, 3.63) is 83.2 Å². The van der Waals surface area contributed by atoms with Crippen LogP contribution in [0, 0.1) is 0 Å². The van der Waals surface area contributed by atoms with Crippen LogP contribution in [-0.4, -0.2) is 46.1 Å². The van der Waals surface area contributed by atoms with Gasteiger partial charge in [0, 0.05) is 31.3 Å². The Kier molecular flexibility index (Phi) is 4.67. The normalized spacial score (nSPS) is 19.7. The van der Waals surface area contributed by atoms with Crippen LogP contribution in [0.15, 0.2) is 65.8 Å². The van der Waals surface area contributed by atoms with Crippen LogP contribution in [-0.2, 0) is 13.1 Å². The molecule has 7 heteroatoms. The monoisotopic (exact) mass is 439 g/mol. The molecule has 2 unspecified atom stereocenters. The quantitative estimate of drug-likeness (QED) is 0.453. The zero-order chi connectivity index (χ0) is 22.5. The number of methoxy groups -OCH3 is 1. The van der Waals surface area contributed by atoms with Crippen LogP contribution < -0.4 is 10.1 Å². The molecule has 0 amide bonds. The first-order chi connectivity index (χ1) is 16.1. The maximum absolute atomic E-state index is 11.2. The molecule has 3 heterocycles. The second-order valence-corrected chi connectivity index (χ2v) is 8.59. The van der Waals surface area contributed by atoms with Crippen LogP contribution in [0.3, 0.4) is 0 Å². The van der Waals surface area contributed by atoms with Crippen LogP contribution >= 0.6 is 0 Å². The summed E-state index contributed by atoms with van der Waals surface area (Å²) >= 11 is 0. The summed E-state index contributed by atoms with van der Waals surface area (Å²) in [5.41, 5.74) is 8.09. The number of H-pyrrole nitrogens is 1. The number of aliphatic hydroxyl groups excluding tert-OH is 1. The topological polar surface area (TPSA) is 85.8 Å². The molecule has 0 fully saturated rings. The van der Waals surface area contributed by atoms with Gasteiger partial charge in [0.05, 0.1) is 23.9 Å². The van der Waals surface area contributed by atoms with Crippen LogP contribution in [0.5, 0.6) is 5.75 Å². The molecule has 6 rings (SSSR count). The number of ether oxygens (including phenoxy) is 1. The number of rotatable bonds is 4. The van der Waals surface area contributed by atoms with Gasteiger partial charge in [0.15, 0.2) is 0 Å². The van der Waals surface area contributed by atoms with Gasteiger partial charge in [-0.2, -0.15) is 5.10 Å². The summed E-state index contributed by atoms with van der Waals surface area (Å²) in [5, 5.41) is 21.1. The molecule has 0 spiro atoms. The molecule has 0 radical (unpaired) electrons. The molecule has 0 saturated heterocycles. The number of nitrogens with zero attached hydrogens (tertiary/aromatic N) is 3. The van der Waals surface area contributed by atoms with Crippen LogP contribution in [0.25, 0.3) is 22.2 Å². The molecule has 4 aromatic rings. The Bertz CT molecular complexity index is 1330. The van der Waals surface area contributed by atoms with Crippen LogP contribution in [0.1, 0.15) is 28.6 Å². The SMILES string of the molecule is COc1ccccc1-c1ccc(C2=NN(C)C(c3nc4cc5c(cc4[nH]3)CNC5)C2O)cc1. The second kappa shape index (κ2) is 7.72. The summed E-state index contributed by atoms with van der Waals surface area (Å²) in [4.78, 5) is 8.22. The highest BCUT2D eigenvalue weighted by Gasteiger charge is 2.38. The number of aliphatic hydroxyl groups is 1. The Hall–Kier alpha value is -3.68. The first kappa shape index (κ1) is 20.0. The molecule has 3 N–H and O–H groups in total. The van der Waals surface area contributed by atoms with E-state index in [2.05, 4.69) is 27.5 Å². The molecular formula is C26H25N5O2. The molecule has 2 aliphatic heterocycles. The lowest BCUT2D eigenvalue weighted by molar-refractivity contribution is 0.134. The van der Waals surface area contributed by atoms with Crippen molar-refractivity contribution in [2.75, 3.05) is 14.2 Å². The summed E-state index contributed by atoms with van der Waals surface area (Å²) in [7, 11) is 3.55. The van der Waals surface area contributed by atoms with Gasteiger partial charge in [0.25, 0.3) is 0 Å². The minimum atomic E-state index is -0.791. The van der Waals surface area contributed by atoms with E-state index in [0.29, 0.717) is 5.71 Å². The van der Waals surface area contributed by atoms with Crippen molar-refractivity contribution < 1.29 is 9.84 Å². The summed E-state index contributed by atoms with van der Waals surface area (Å²) in [6.07, 6.45) is -0.791. The number of hydrogen-bond donors (Lipinski definition) is 3. The molecule has 166 valence electrons. The van der Waals surface area contributed by atoms with Gasteiger partial charge in [-0.1, -0.05) is 42.5 Å². The largest absolute Gasteiger partial charge is 0.496 e. The van der Waals surface area contributed by atoms with Crippen molar-refractivity contribution in [1.82, 2.24) is 20.3 Å². The van der Waals surface area contributed by atoms with E-state index in [0.717, 1.165) is 52.4 Å². The van der Waals surface area contributed by atoms with Crippen molar-refractivity contribution >= 4 is 16.7 Å². The van der Waals surface area contributed by atoms with Gasteiger partial charge in [-0.3, -0.25) is 5.01 Å². The Labute approximate surface area is 191 Å². The predicted molar refractivity (Wildman–Crippen MR) is 128 cm³/mol. The van der Waals surface area contributed by atoms with E-state index in [1.165, 1.54) is 11.1 Å². The Balaban J connectivity index is 1.29. The molecule has 2 atom stereocenters. The molecule has 0 aliphatic carbocycles. The second-order valence-electron chi connectivity index (χ2n) is 8.59. The number of hydrogen-bond acceptors (Lipinski definition) is 6. The summed E-state index contributed by atoms with van der Waals surface area (Å²) < 4.78 is 5.49. The Morgan fingerprint density at radius 2 is 1.73 bits per heavy atom. The summed E-state index contributed by atoms with van der Waals surface area (Å²) in [6, 6.07) is 19.9. The fourth-order valence-corrected chi connectivity index (χ4v) is 4.87. The van der Waals surface area contributed by atoms with Crippen molar-refractivity contribution in [3.8, 4) is 16.9 Å². The third kappa shape index (κ3) is 3.28. The lowest BCUT2D eigenvalue weighted by Crippen LogP contribution is -2.29. The average molecular weight is 440 g/mol. The van der Waals surface area contributed by atoms with Gasteiger partial charge in [0.1, 0.15) is 23.7 Å². The summed E-state index contributed by atoms with van der Waals surface area (Å²) in [6.45, 7) is 1.75. The number of benzene rings is 3.